The SMILES string of the molecule is Fc1ccc(CC2(Cl)C=CC(Cl)=C(Cl)C2Cl)c(F)c1F. The maximum atomic E-state index is 13.7. The lowest BCUT2D eigenvalue weighted by molar-refractivity contribution is 0.438. The van der Waals surface area contributed by atoms with E-state index in [-0.39, 0.29) is 22.0 Å². The minimum atomic E-state index is -1.55. The van der Waals surface area contributed by atoms with E-state index in [0.29, 0.717) is 0 Å². The van der Waals surface area contributed by atoms with Gasteiger partial charge in [0.2, 0.25) is 0 Å². The summed E-state index contributed by atoms with van der Waals surface area (Å²) in [6.07, 6.45) is 2.73. The zero-order valence-electron chi connectivity index (χ0n) is 9.74. The topological polar surface area (TPSA) is 0 Å². The Balaban J connectivity index is 2.36. The van der Waals surface area contributed by atoms with E-state index in [1.165, 1.54) is 12.2 Å². The van der Waals surface area contributed by atoms with E-state index in [0.717, 1.165) is 12.1 Å². The zero-order valence-corrected chi connectivity index (χ0v) is 12.8. The highest BCUT2D eigenvalue weighted by molar-refractivity contribution is 6.47. The molecule has 1 aromatic carbocycles. The lowest BCUT2D eigenvalue weighted by Crippen LogP contribution is -2.36. The van der Waals surface area contributed by atoms with Crippen molar-refractivity contribution in [3.8, 4) is 0 Å². The molecule has 0 saturated heterocycles. The second kappa shape index (κ2) is 5.80. The molecule has 0 amide bonds. The van der Waals surface area contributed by atoms with E-state index in [1.807, 2.05) is 0 Å². The third-order valence-electron chi connectivity index (χ3n) is 2.96. The predicted molar refractivity (Wildman–Crippen MR) is 76.1 cm³/mol. The molecule has 0 spiro atoms. The summed E-state index contributed by atoms with van der Waals surface area (Å²) in [5.74, 6) is -4.11. The predicted octanol–water partition coefficient (Wildman–Crippen LogP) is 5.49. The second-order valence-corrected chi connectivity index (χ2v) is 6.28. The van der Waals surface area contributed by atoms with Crippen LogP contribution in [0.2, 0.25) is 0 Å². The van der Waals surface area contributed by atoms with Crippen molar-refractivity contribution < 1.29 is 13.2 Å². The third-order valence-corrected chi connectivity index (χ3v) is 5.11. The van der Waals surface area contributed by atoms with Crippen molar-refractivity contribution in [1.82, 2.24) is 0 Å². The monoisotopic (exact) mass is 360 g/mol. The van der Waals surface area contributed by atoms with Crippen molar-refractivity contribution in [2.24, 2.45) is 0 Å². The van der Waals surface area contributed by atoms with Crippen LogP contribution in [-0.4, -0.2) is 10.3 Å². The van der Waals surface area contributed by atoms with Crippen LogP contribution in [0.15, 0.2) is 34.3 Å². The molecule has 0 nitrogen and oxygen atoms in total. The van der Waals surface area contributed by atoms with Crippen molar-refractivity contribution in [2.45, 2.75) is 16.7 Å². The first-order valence-corrected chi connectivity index (χ1v) is 7.03. The van der Waals surface area contributed by atoms with Crippen LogP contribution in [0.25, 0.3) is 0 Å². The van der Waals surface area contributed by atoms with Crippen molar-refractivity contribution in [3.63, 3.8) is 0 Å². The number of hydrogen-bond donors (Lipinski definition) is 0. The Morgan fingerprint density at radius 3 is 2.40 bits per heavy atom. The van der Waals surface area contributed by atoms with Gasteiger partial charge in [0.05, 0.1) is 20.3 Å². The van der Waals surface area contributed by atoms with Crippen LogP contribution in [0.4, 0.5) is 13.2 Å². The summed E-state index contributed by atoms with van der Waals surface area (Å²) >= 11 is 24.1. The molecule has 2 unspecified atom stereocenters. The van der Waals surface area contributed by atoms with E-state index in [9.17, 15) is 13.2 Å². The maximum absolute atomic E-state index is 13.7. The van der Waals surface area contributed by atoms with E-state index in [2.05, 4.69) is 0 Å². The average Bonchev–Trinajstić information content (AvgIpc) is 2.42. The lowest BCUT2D eigenvalue weighted by atomic mass is 9.91. The molecule has 1 aliphatic carbocycles. The number of benzene rings is 1. The largest absolute Gasteiger partial charge is 0.204 e. The minimum absolute atomic E-state index is 0.100. The molecule has 0 aliphatic heterocycles. The molecular weight excluding hydrogens is 355 g/mol. The fourth-order valence-electron chi connectivity index (χ4n) is 1.85. The molecule has 1 aliphatic rings. The van der Waals surface area contributed by atoms with E-state index in [1.54, 1.807) is 0 Å². The fraction of sp³-hybridized carbons (Fsp3) is 0.231. The molecule has 1 aromatic rings. The molecule has 0 bridgehead atoms. The average molecular weight is 362 g/mol. The quantitative estimate of drug-likeness (QED) is 0.482. The number of allylic oxidation sites excluding steroid dienone is 4. The Bertz CT molecular complexity index is 612. The summed E-state index contributed by atoms with van der Waals surface area (Å²) in [6.45, 7) is 0. The molecule has 2 rings (SSSR count). The molecular formula is C13H7Cl4F3. The minimum Gasteiger partial charge on any atom is -0.204 e. The first-order valence-electron chi connectivity index (χ1n) is 5.46. The highest BCUT2D eigenvalue weighted by Crippen LogP contribution is 2.42. The summed E-state index contributed by atoms with van der Waals surface area (Å²) in [7, 11) is 0. The summed E-state index contributed by atoms with van der Waals surface area (Å²) in [5.41, 5.74) is -0.100. The van der Waals surface area contributed by atoms with Gasteiger partial charge in [-0.05, 0) is 24.1 Å². The van der Waals surface area contributed by atoms with Gasteiger partial charge < -0.3 is 0 Å². The van der Waals surface area contributed by atoms with Crippen molar-refractivity contribution >= 4 is 46.4 Å². The first kappa shape index (κ1) is 16.0. The van der Waals surface area contributed by atoms with Gasteiger partial charge >= 0.3 is 0 Å². The standard InChI is InChI=1S/C13H7Cl4F3/c14-7-3-4-13(17,12(16)9(7)15)5-6-1-2-8(18)11(20)10(6)19/h1-4,12H,5H2. The number of rotatable bonds is 2. The van der Waals surface area contributed by atoms with Gasteiger partial charge in [-0.2, -0.15) is 0 Å². The second-order valence-electron chi connectivity index (χ2n) is 4.33. The Kier molecular flexibility index (Phi) is 4.65. The molecule has 2 atom stereocenters. The van der Waals surface area contributed by atoms with Gasteiger partial charge in [0.15, 0.2) is 17.5 Å². The number of halogens is 7. The number of hydrogen-bond acceptors (Lipinski definition) is 0. The Hall–Kier alpha value is -0.350. The highest BCUT2D eigenvalue weighted by Gasteiger charge is 2.39. The van der Waals surface area contributed by atoms with E-state index >= 15 is 0 Å². The molecule has 7 heteroatoms. The van der Waals surface area contributed by atoms with Gasteiger partial charge in [-0.3, -0.25) is 0 Å². The van der Waals surface area contributed by atoms with Crippen molar-refractivity contribution in [3.05, 3.63) is 57.4 Å². The summed E-state index contributed by atoms with van der Waals surface area (Å²) < 4.78 is 39.8. The molecule has 0 aromatic heterocycles. The Morgan fingerprint density at radius 1 is 1.10 bits per heavy atom. The molecule has 0 fully saturated rings. The van der Waals surface area contributed by atoms with Crippen LogP contribution in [0, 0.1) is 17.5 Å². The summed E-state index contributed by atoms with van der Waals surface area (Å²) in [4.78, 5) is -1.28. The van der Waals surface area contributed by atoms with Crippen LogP contribution in [-0.2, 0) is 6.42 Å². The summed E-state index contributed by atoms with van der Waals surface area (Å²) in [5, 5.41) is -0.557. The van der Waals surface area contributed by atoms with Crippen LogP contribution in [0.1, 0.15) is 5.56 Å². The van der Waals surface area contributed by atoms with Crippen molar-refractivity contribution in [2.75, 3.05) is 0 Å². The third kappa shape index (κ3) is 2.82. The van der Waals surface area contributed by atoms with Crippen LogP contribution in [0.3, 0.4) is 0 Å². The normalized spacial score (nSPS) is 26.2. The van der Waals surface area contributed by atoms with Gasteiger partial charge in [0, 0.05) is 0 Å². The molecule has 0 saturated carbocycles. The smallest absolute Gasteiger partial charge is 0.194 e. The number of alkyl halides is 2. The van der Waals surface area contributed by atoms with Gasteiger partial charge in [-0.25, -0.2) is 13.2 Å². The lowest BCUT2D eigenvalue weighted by Gasteiger charge is -2.31. The van der Waals surface area contributed by atoms with E-state index in [4.69, 9.17) is 46.4 Å². The summed E-state index contributed by atoms with van der Waals surface area (Å²) in [6, 6.07) is 1.94. The first-order chi connectivity index (χ1) is 9.26. The molecule has 0 radical (unpaired) electrons. The van der Waals surface area contributed by atoms with Gasteiger partial charge in [0.1, 0.15) is 0 Å². The maximum Gasteiger partial charge on any atom is 0.194 e. The Morgan fingerprint density at radius 2 is 1.75 bits per heavy atom. The van der Waals surface area contributed by atoms with Crippen LogP contribution in [0.5, 0.6) is 0 Å². The molecule has 0 heterocycles. The van der Waals surface area contributed by atoms with E-state index < -0.39 is 27.7 Å². The van der Waals surface area contributed by atoms with Gasteiger partial charge in [-0.15, -0.1) is 23.2 Å². The molecule has 20 heavy (non-hydrogen) atoms. The van der Waals surface area contributed by atoms with Gasteiger partial charge in [0.25, 0.3) is 0 Å². The van der Waals surface area contributed by atoms with Crippen LogP contribution >= 0.6 is 46.4 Å². The van der Waals surface area contributed by atoms with Crippen molar-refractivity contribution in [1.29, 1.82) is 0 Å². The zero-order chi connectivity index (χ0) is 15.1. The Labute approximate surface area is 133 Å². The van der Waals surface area contributed by atoms with Crippen LogP contribution < -0.4 is 0 Å². The molecule has 108 valence electrons. The molecule has 0 N–H and O–H groups in total. The fourth-order valence-corrected chi connectivity index (χ4v) is 2.98. The van der Waals surface area contributed by atoms with Gasteiger partial charge in [-0.1, -0.05) is 35.3 Å². The highest BCUT2D eigenvalue weighted by atomic mass is 35.5.